The summed E-state index contributed by atoms with van der Waals surface area (Å²) < 4.78 is 13.0. The summed E-state index contributed by atoms with van der Waals surface area (Å²) in [5.41, 5.74) is 1.15. The molecule has 3 atom stereocenters. The smallest absolute Gasteiger partial charge is 0.213 e. The van der Waals surface area contributed by atoms with Crippen molar-refractivity contribution in [3.05, 3.63) is 57.2 Å². The Bertz CT molecular complexity index is 887. The summed E-state index contributed by atoms with van der Waals surface area (Å²) >= 11 is 18.5. The second-order valence-electron chi connectivity index (χ2n) is 9.64. The molecule has 0 radical (unpaired) electrons. The Morgan fingerprint density at radius 2 is 1.84 bits per heavy atom. The van der Waals surface area contributed by atoms with Gasteiger partial charge in [-0.2, -0.15) is 0 Å². The maximum atomic E-state index is 6.58. The molecule has 0 unspecified atom stereocenters. The van der Waals surface area contributed by atoms with Gasteiger partial charge in [0.15, 0.2) is 8.32 Å². The second kappa shape index (κ2) is 9.98. The molecule has 1 fully saturated rings. The highest BCUT2D eigenvalue weighted by Crippen LogP contribution is 2.39. The quantitative estimate of drug-likeness (QED) is 0.423. The predicted molar refractivity (Wildman–Crippen MR) is 132 cm³/mol. The number of ether oxygens (including phenoxy) is 1. The van der Waals surface area contributed by atoms with Crippen molar-refractivity contribution in [3.63, 3.8) is 0 Å². The van der Waals surface area contributed by atoms with Crippen LogP contribution in [0.3, 0.4) is 0 Å². The minimum Gasteiger partial charge on any atom is -0.472 e. The van der Waals surface area contributed by atoms with Gasteiger partial charge in [0.05, 0.1) is 21.7 Å². The average Bonchev–Trinajstić information content (AvgIpc) is 3.17. The molecule has 1 saturated heterocycles. The van der Waals surface area contributed by atoms with E-state index in [1.807, 2.05) is 18.2 Å². The van der Waals surface area contributed by atoms with E-state index in [4.69, 9.17) is 44.0 Å². The number of nitrogens with one attached hydrogen (secondary N) is 1. The molecule has 0 spiro atoms. The van der Waals surface area contributed by atoms with Crippen LogP contribution < -0.4 is 10.1 Å². The van der Waals surface area contributed by atoms with Gasteiger partial charge in [0, 0.05) is 37.2 Å². The minimum atomic E-state index is -1.94. The number of aromatic nitrogens is 1. The number of hydrogen-bond donors (Lipinski definition) is 1. The van der Waals surface area contributed by atoms with Crippen LogP contribution in [0.5, 0.6) is 5.88 Å². The molecular formula is C23H31Cl3N2O2Si. The molecule has 170 valence electrons. The number of benzene rings is 1. The van der Waals surface area contributed by atoms with Crippen molar-refractivity contribution < 1.29 is 9.16 Å². The lowest BCUT2D eigenvalue weighted by atomic mass is 9.85. The third kappa shape index (κ3) is 6.15. The number of halogens is 3. The molecule has 4 nitrogen and oxygen atoms in total. The van der Waals surface area contributed by atoms with Gasteiger partial charge in [-0.3, -0.25) is 0 Å². The zero-order valence-electron chi connectivity index (χ0n) is 18.7. The Kier molecular flexibility index (Phi) is 7.99. The van der Waals surface area contributed by atoms with Gasteiger partial charge >= 0.3 is 0 Å². The summed E-state index contributed by atoms with van der Waals surface area (Å²) in [6.45, 7) is 13.4. The topological polar surface area (TPSA) is 43.4 Å². The van der Waals surface area contributed by atoms with Crippen LogP contribution in [0, 0.1) is 5.92 Å². The molecular weight excluding hydrogens is 471 g/mol. The van der Waals surface area contributed by atoms with Crippen LogP contribution in [0.25, 0.3) is 0 Å². The lowest BCUT2D eigenvalue weighted by molar-refractivity contribution is 0.0688. The van der Waals surface area contributed by atoms with E-state index in [0.717, 1.165) is 18.7 Å². The van der Waals surface area contributed by atoms with E-state index >= 15 is 0 Å². The fraction of sp³-hybridized carbons (Fsp3) is 0.522. The number of rotatable bonds is 7. The Morgan fingerprint density at radius 1 is 1.10 bits per heavy atom. The molecule has 1 aromatic heterocycles. The first-order chi connectivity index (χ1) is 14.5. The van der Waals surface area contributed by atoms with Gasteiger partial charge in [0.2, 0.25) is 5.88 Å². The fourth-order valence-electron chi connectivity index (χ4n) is 3.54. The van der Waals surface area contributed by atoms with Gasteiger partial charge in [-0.1, -0.05) is 61.6 Å². The molecule has 0 aliphatic carbocycles. The Labute approximate surface area is 201 Å². The lowest BCUT2D eigenvalue weighted by Crippen LogP contribution is -2.45. The van der Waals surface area contributed by atoms with Gasteiger partial charge < -0.3 is 14.5 Å². The van der Waals surface area contributed by atoms with Crippen molar-refractivity contribution in [3.8, 4) is 5.88 Å². The SMILES string of the molecule is CC(C)(C)[Si](C)(C)OC[C@H](Oc1ccc(Cl)cn1)[C@H]1CNC[C@@H]1c1ccc(Cl)c(Cl)c1. The number of pyridine rings is 1. The van der Waals surface area contributed by atoms with Crippen LogP contribution in [-0.2, 0) is 4.43 Å². The third-order valence-electron chi connectivity index (χ3n) is 6.50. The largest absolute Gasteiger partial charge is 0.472 e. The summed E-state index contributed by atoms with van der Waals surface area (Å²) in [5, 5.41) is 5.35. The van der Waals surface area contributed by atoms with Crippen LogP contribution in [0.1, 0.15) is 32.3 Å². The summed E-state index contributed by atoms with van der Waals surface area (Å²) in [6.07, 6.45) is 1.43. The first-order valence-electron chi connectivity index (χ1n) is 10.6. The monoisotopic (exact) mass is 500 g/mol. The standard InChI is InChI=1S/C23H31Cl3N2O2Si/c1-23(2,3)31(4,5)29-14-21(30-22-9-7-16(24)11-28-22)18-13-27-12-17(18)15-6-8-19(25)20(26)10-15/h6-11,17-18,21,27H,12-14H2,1-5H3/t17-,18+,21+/m1/s1. The van der Waals surface area contributed by atoms with Gasteiger partial charge in [-0.25, -0.2) is 4.98 Å². The zero-order chi connectivity index (χ0) is 22.8. The minimum absolute atomic E-state index is 0.118. The molecule has 0 amide bonds. The molecule has 0 bridgehead atoms. The fourth-order valence-corrected chi connectivity index (χ4v) is 4.97. The molecule has 31 heavy (non-hydrogen) atoms. The highest BCUT2D eigenvalue weighted by Gasteiger charge is 2.41. The molecule has 0 saturated carbocycles. The van der Waals surface area contributed by atoms with Gasteiger partial charge in [0.1, 0.15) is 6.10 Å². The van der Waals surface area contributed by atoms with Crippen molar-refractivity contribution in [2.45, 2.75) is 50.9 Å². The first-order valence-corrected chi connectivity index (χ1v) is 14.6. The van der Waals surface area contributed by atoms with Gasteiger partial charge in [0.25, 0.3) is 0 Å². The second-order valence-corrected chi connectivity index (χ2v) is 15.7. The van der Waals surface area contributed by atoms with E-state index < -0.39 is 8.32 Å². The molecule has 1 aliphatic heterocycles. The molecule has 1 N–H and O–H groups in total. The van der Waals surface area contributed by atoms with Gasteiger partial charge in [-0.05, 0) is 41.9 Å². The normalized spacial score (nSPS) is 20.6. The number of nitrogens with zero attached hydrogens (tertiary/aromatic N) is 1. The average molecular weight is 502 g/mol. The van der Waals surface area contributed by atoms with Crippen molar-refractivity contribution in [1.82, 2.24) is 10.3 Å². The van der Waals surface area contributed by atoms with Crippen LogP contribution in [0.4, 0.5) is 0 Å². The van der Waals surface area contributed by atoms with E-state index in [1.54, 1.807) is 18.3 Å². The van der Waals surface area contributed by atoms with Crippen molar-refractivity contribution >= 4 is 43.1 Å². The Balaban J connectivity index is 1.86. The number of hydrogen-bond acceptors (Lipinski definition) is 4. The molecule has 2 heterocycles. The molecule has 1 aromatic carbocycles. The van der Waals surface area contributed by atoms with Crippen LogP contribution in [0.2, 0.25) is 33.2 Å². The highest BCUT2D eigenvalue weighted by molar-refractivity contribution is 6.74. The van der Waals surface area contributed by atoms with Crippen LogP contribution in [0.15, 0.2) is 36.5 Å². The maximum absolute atomic E-state index is 6.58. The maximum Gasteiger partial charge on any atom is 0.213 e. The predicted octanol–water partition coefficient (Wildman–Crippen LogP) is 6.81. The van der Waals surface area contributed by atoms with Crippen molar-refractivity contribution in [1.29, 1.82) is 0 Å². The lowest BCUT2D eigenvalue weighted by Gasteiger charge is -2.38. The third-order valence-corrected chi connectivity index (χ3v) is 12.0. The highest BCUT2D eigenvalue weighted by atomic mass is 35.5. The van der Waals surface area contributed by atoms with E-state index in [2.05, 4.69) is 44.2 Å². The van der Waals surface area contributed by atoms with E-state index in [1.165, 1.54) is 0 Å². The van der Waals surface area contributed by atoms with E-state index in [9.17, 15) is 0 Å². The Morgan fingerprint density at radius 3 is 2.45 bits per heavy atom. The van der Waals surface area contributed by atoms with E-state index in [-0.39, 0.29) is 23.0 Å². The van der Waals surface area contributed by atoms with E-state index in [0.29, 0.717) is 27.6 Å². The zero-order valence-corrected chi connectivity index (χ0v) is 22.0. The van der Waals surface area contributed by atoms with Crippen molar-refractivity contribution in [2.24, 2.45) is 5.92 Å². The van der Waals surface area contributed by atoms with Crippen LogP contribution in [-0.4, -0.2) is 39.1 Å². The summed E-state index contributed by atoms with van der Waals surface area (Å²) in [4.78, 5) is 4.35. The summed E-state index contributed by atoms with van der Waals surface area (Å²) in [7, 11) is -1.94. The molecule has 3 rings (SSSR count). The summed E-state index contributed by atoms with van der Waals surface area (Å²) in [6, 6.07) is 9.46. The molecule has 2 aromatic rings. The first kappa shape index (κ1) is 24.8. The van der Waals surface area contributed by atoms with Gasteiger partial charge in [-0.15, -0.1) is 0 Å². The molecule has 8 heteroatoms. The van der Waals surface area contributed by atoms with Crippen molar-refractivity contribution in [2.75, 3.05) is 19.7 Å². The van der Waals surface area contributed by atoms with Crippen LogP contribution >= 0.6 is 34.8 Å². The summed E-state index contributed by atoms with van der Waals surface area (Å²) in [5.74, 6) is 0.975. The molecule has 1 aliphatic rings. The Hall–Kier alpha value is -0.823.